The van der Waals surface area contributed by atoms with Gasteiger partial charge in [0.15, 0.2) is 0 Å². The Bertz CT molecular complexity index is 419. The van der Waals surface area contributed by atoms with Gasteiger partial charge < -0.3 is 0 Å². The SMILES string of the molecule is C/C=C\c1cccc(C)c1C(C)N(C)/N=C\C. The van der Waals surface area contributed by atoms with Gasteiger partial charge in [0.2, 0.25) is 0 Å². The van der Waals surface area contributed by atoms with Gasteiger partial charge in [-0.2, -0.15) is 5.10 Å². The van der Waals surface area contributed by atoms with E-state index < -0.39 is 0 Å². The van der Waals surface area contributed by atoms with Crippen molar-refractivity contribution in [1.29, 1.82) is 0 Å². The summed E-state index contributed by atoms with van der Waals surface area (Å²) in [6.07, 6.45) is 6.06. The lowest BCUT2D eigenvalue weighted by atomic mass is 9.96. The van der Waals surface area contributed by atoms with Gasteiger partial charge in [-0.3, -0.25) is 5.01 Å². The summed E-state index contributed by atoms with van der Waals surface area (Å²) in [4.78, 5) is 0. The molecule has 0 aliphatic heterocycles. The second-order valence-corrected chi connectivity index (χ2v) is 4.20. The highest BCUT2D eigenvalue weighted by Gasteiger charge is 2.14. The summed E-state index contributed by atoms with van der Waals surface area (Å²) in [5.74, 6) is 0. The molecule has 0 aromatic heterocycles. The molecule has 17 heavy (non-hydrogen) atoms. The van der Waals surface area contributed by atoms with E-state index in [1.807, 2.05) is 32.1 Å². The van der Waals surface area contributed by atoms with Gasteiger partial charge in [-0.15, -0.1) is 0 Å². The van der Waals surface area contributed by atoms with E-state index in [1.54, 1.807) is 0 Å². The van der Waals surface area contributed by atoms with Gasteiger partial charge in [0.25, 0.3) is 0 Å². The zero-order valence-corrected chi connectivity index (χ0v) is 11.4. The Labute approximate surface area is 105 Å². The van der Waals surface area contributed by atoms with Crippen LogP contribution in [0.4, 0.5) is 0 Å². The Morgan fingerprint density at radius 1 is 1.29 bits per heavy atom. The van der Waals surface area contributed by atoms with Crippen molar-refractivity contribution in [2.45, 2.75) is 33.7 Å². The quantitative estimate of drug-likeness (QED) is 0.563. The molecule has 2 heteroatoms. The third kappa shape index (κ3) is 3.19. The number of rotatable bonds is 4. The minimum absolute atomic E-state index is 0.276. The molecule has 0 aliphatic rings. The fraction of sp³-hybridized carbons (Fsp3) is 0.400. The molecule has 0 radical (unpaired) electrons. The third-order valence-electron chi connectivity index (χ3n) is 2.98. The van der Waals surface area contributed by atoms with Crippen LogP contribution in [0, 0.1) is 6.92 Å². The molecule has 1 atom stereocenters. The fourth-order valence-electron chi connectivity index (χ4n) is 2.07. The van der Waals surface area contributed by atoms with E-state index in [4.69, 9.17) is 0 Å². The van der Waals surface area contributed by atoms with Crippen LogP contribution in [0.5, 0.6) is 0 Å². The maximum Gasteiger partial charge on any atom is 0.0696 e. The molecule has 0 fully saturated rings. The molecule has 0 saturated carbocycles. The van der Waals surface area contributed by atoms with Crippen LogP contribution >= 0.6 is 0 Å². The first-order valence-electron chi connectivity index (χ1n) is 6.05. The third-order valence-corrected chi connectivity index (χ3v) is 2.98. The first-order valence-corrected chi connectivity index (χ1v) is 6.05. The van der Waals surface area contributed by atoms with E-state index in [0.717, 1.165) is 0 Å². The molecule has 0 spiro atoms. The maximum atomic E-state index is 4.33. The van der Waals surface area contributed by atoms with Crippen molar-refractivity contribution in [1.82, 2.24) is 5.01 Å². The number of hydrazone groups is 1. The first-order chi connectivity index (χ1) is 8.11. The topological polar surface area (TPSA) is 15.6 Å². The van der Waals surface area contributed by atoms with E-state index in [0.29, 0.717) is 0 Å². The Morgan fingerprint density at radius 3 is 2.59 bits per heavy atom. The zero-order valence-electron chi connectivity index (χ0n) is 11.4. The Kier molecular flexibility index (Phi) is 4.95. The predicted octanol–water partition coefficient (Wildman–Crippen LogP) is 4.03. The predicted molar refractivity (Wildman–Crippen MR) is 76.2 cm³/mol. The highest BCUT2D eigenvalue weighted by Crippen LogP contribution is 2.27. The lowest BCUT2D eigenvalue weighted by molar-refractivity contribution is 0.275. The van der Waals surface area contributed by atoms with E-state index in [2.05, 4.69) is 49.3 Å². The number of hydrogen-bond donors (Lipinski definition) is 0. The largest absolute Gasteiger partial charge is 0.293 e. The summed E-state index contributed by atoms with van der Waals surface area (Å²) >= 11 is 0. The van der Waals surface area contributed by atoms with Crippen molar-refractivity contribution in [2.75, 3.05) is 7.05 Å². The summed E-state index contributed by atoms with van der Waals surface area (Å²) in [5.41, 5.74) is 3.93. The molecule has 2 nitrogen and oxygen atoms in total. The second-order valence-electron chi connectivity index (χ2n) is 4.20. The van der Waals surface area contributed by atoms with E-state index in [-0.39, 0.29) is 6.04 Å². The standard InChI is InChI=1S/C15H22N2/c1-6-9-14-11-8-10-12(3)15(14)13(4)17(5)16-7-2/h6-11,13H,1-5H3/b9-6-,16-7-. The summed E-state index contributed by atoms with van der Waals surface area (Å²) in [7, 11) is 2.01. The Morgan fingerprint density at radius 2 is 2.00 bits per heavy atom. The smallest absolute Gasteiger partial charge is 0.0696 e. The molecule has 0 heterocycles. The van der Waals surface area contributed by atoms with E-state index >= 15 is 0 Å². The van der Waals surface area contributed by atoms with Gasteiger partial charge in [0, 0.05) is 13.3 Å². The molecule has 92 valence electrons. The van der Waals surface area contributed by atoms with Crippen LogP contribution in [-0.4, -0.2) is 18.3 Å². The van der Waals surface area contributed by atoms with Crippen molar-refractivity contribution < 1.29 is 0 Å². The molecule has 1 aromatic rings. The molecular formula is C15H22N2. The van der Waals surface area contributed by atoms with Gasteiger partial charge in [-0.05, 0) is 44.4 Å². The molecule has 0 bridgehead atoms. The summed E-state index contributed by atoms with van der Waals surface area (Å²) in [5, 5.41) is 6.32. The number of aryl methyl sites for hydroxylation is 1. The minimum Gasteiger partial charge on any atom is -0.293 e. The molecule has 0 N–H and O–H groups in total. The van der Waals surface area contributed by atoms with Crippen molar-refractivity contribution in [3.05, 3.63) is 41.0 Å². The molecule has 1 aromatic carbocycles. The van der Waals surface area contributed by atoms with Crippen molar-refractivity contribution in [3.8, 4) is 0 Å². The van der Waals surface area contributed by atoms with Gasteiger partial charge in [0.05, 0.1) is 6.04 Å². The molecule has 1 unspecified atom stereocenters. The molecule has 0 amide bonds. The van der Waals surface area contributed by atoms with Crippen molar-refractivity contribution in [2.24, 2.45) is 5.10 Å². The lowest BCUT2D eigenvalue weighted by Crippen LogP contribution is -2.18. The van der Waals surface area contributed by atoms with Gasteiger partial charge in [-0.1, -0.05) is 30.4 Å². The van der Waals surface area contributed by atoms with Gasteiger partial charge in [-0.25, -0.2) is 0 Å². The van der Waals surface area contributed by atoms with Crippen LogP contribution in [0.3, 0.4) is 0 Å². The average molecular weight is 230 g/mol. The highest BCUT2D eigenvalue weighted by molar-refractivity contribution is 5.57. The fourth-order valence-corrected chi connectivity index (χ4v) is 2.07. The number of hydrogen-bond acceptors (Lipinski definition) is 2. The number of allylic oxidation sites excluding steroid dienone is 1. The first kappa shape index (κ1) is 13.5. The van der Waals surface area contributed by atoms with Crippen LogP contribution in [0.25, 0.3) is 6.08 Å². The van der Waals surface area contributed by atoms with Crippen LogP contribution < -0.4 is 0 Å². The van der Waals surface area contributed by atoms with E-state index in [1.165, 1.54) is 16.7 Å². The molecular weight excluding hydrogens is 208 g/mol. The molecule has 0 saturated heterocycles. The van der Waals surface area contributed by atoms with Crippen LogP contribution in [-0.2, 0) is 0 Å². The number of benzene rings is 1. The zero-order chi connectivity index (χ0) is 12.8. The maximum absolute atomic E-state index is 4.33. The number of nitrogens with zero attached hydrogens (tertiary/aromatic N) is 2. The monoisotopic (exact) mass is 230 g/mol. The van der Waals surface area contributed by atoms with E-state index in [9.17, 15) is 0 Å². The Balaban J connectivity index is 3.19. The summed E-state index contributed by atoms with van der Waals surface area (Å²) in [6, 6.07) is 6.69. The summed E-state index contributed by atoms with van der Waals surface area (Å²) < 4.78 is 0. The van der Waals surface area contributed by atoms with Gasteiger partial charge >= 0.3 is 0 Å². The van der Waals surface area contributed by atoms with Crippen molar-refractivity contribution in [3.63, 3.8) is 0 Å². The van der Waals surface area contributed by atoms with Crippen LogP contribution in [0.2, 0.25) is 0 Å². The average Bonchev–Trinajstić information content (AvgIpc) is 2.29. The highest BCUT2D eigenvalue weighted by atomic mass is 15.4. The normalized spacial score (nSPS) is 13.5. The van der Waals surface area contributed by atoms with Crippen LogP contribution in [0.15, 0.2) is 29.4 Å². The van der Waals surface area contributed by atoms with Crippen LogP contribution in [0.1, 0.15) is 43.5 Å². The second kappa shape index (κ2) is 6.24. The molecule has 1 rings (SSSR count). The summed E-state index contributed by atoms with van der Waals surface area (Å²) in [6.45, 7) is 8.32. The minimum atomic E-state index is 0.276. The lowest BCUT2D eigenvalue weighted by Gasteiger charge is -2.25. The van der Waals surface area contributed by atoms with Crippen molar-refractivity contribution >= 4 is 12.3 Å². The van der Waals surface area contributed by atoms with Gasteiger partial charge in [0.1, 0.15) is 0 Å². The Hall–Kier alpha value is -1.57. The molecule has 0 aliphatic carbocycles.